The Morgan fingerprint density at radius 2 is 1.65 bits per heavy atom. The summed E-state index contributed by atoms with van der Waals surface area (Å²) in [5, 5.41) is 30.3. The molecule has 206 valence electrons. The van der Waals surface area contributed by atoms with E-state index in [1.165, 1.54) is 12.1 Å². The molecular formula is C26H41N5O6. The summed E-state index contributed by atoms with van der Waals surface area (Å²) in [4.78, 5) is 50.9. The van der Waals surface area contributed by atoms with Crippen LogP contribution in [0.25, 0.3) is 0 Å². The number of phenols is 1. The first-order chi connectivity index (χ1) is 17.6. The number of aromatic hydroxyl groups is 1. The van der Waals surface area contributed by atoms with Crippen LogP contribution in [0.5, 0.6) is 5.75 Å². The third kappa shape index (κ3) is 10.4. The first-order valence-electron chi connectivity index (χ1n) is 13.0. The SMILES string of the molecule is CC(C)C[C@H](NC(=O)[C@@H]1CCCN1)C(=O)N[C@@H](CCCCN)C(=O)N[C@@H](Cc1ccc(O)cc1)C(=O)O. The van der Waals surface area contributed by atoms with Crippen LogP contribution in [0.3, 0.4) is 0 Å². The summed E-state index contributed by atoms with van der Waals surface area (Å²) in [7, 11) is 0. The lowest BCUT2D eigenvalue weighted by molar-refractivity contribution is -0.142. The highest BCUT2D eigenvalue weighted by Gasteiger charge is 2.31. The number of aliphatic carboxylic acids is 1. The Balaban J connectivity index is 2.11. The largest absolute Gasteiger partial charge is 0.508 e. The van der Waals surface area contributed by atoms with E-state index < -0.39 is 35.9 Å². The quantitative estimate of drug-likeness (QED) is 0.162. The number of amides is 3. The molecule has 1 aliphatic heterocycles. The monoisotopic (exact) mass is 519 g/mol. The van der Waals surface area contributed by atoms with Crippen LogP contribution in [0.1, 0.15) is 57.9 Å². The maximum atomic E-state index is 13.2. The third-order valence-corrected chi connectivity index (χ3v) is 6.29. The summed E-state index contributed by atoms with van der Waals surface area (Å²) in [5.74, 6) is -2.42. The summed E-state index contributed by atoms with van der Waals surface area (Å²) in [5.41, 5.74) is 6.21. The molecule has 11 nitrogen and oxygen atoms in total. The molecule has 0 aromatic heterocycles. The van der Waals surface area contributed by atoms with Crippen molar-refractivity contribution in [2.45, 2.75) is 83.0 Å². The first kappa shape index (κ1) is 30.0. The number of phenolic OH excluding ortho intramolecular Hbond substituents is 1. The van der Waals surface area contributed by atoms with E-state index in [1.54, 1.807) is 12.1 Å². The standard InChI is InChI=1S/C26H41N5O6/c1-16(2)14-21(30-23(33)19-7-5-13-28-19)25(35)29-20(6-3-4-12-27)24(34)31-22(26(36)37)15-17-8-10-18(32)11-9-17/h8-11,16,19-22,28,32H,3-7,12-15,27H2,1-2H3,(H,29,35)(H,30,33)(H,31,34)(H,36,37)/t19-,20-,21-,22-/m0/s1. The molecule has 3 amide bonds. The molecule has 0 radical (unpaired) electrons. The summed E-state index contributed by atoms with van der Waals surface area (Å²) in [6.07, 6.45) is 3.44. The average Bonchev–Trinajstić information content (AvgIpc) is 3.38. The molecule has 4 atom stereocenters. The molecule has 1 fully saturated rings. The molecule has 37 heavy (non-hydrogen) atoms. The lowest BCUT2D eigenvalue weighted by atomic mass is 10.0. The van der Waals surface area contributed by atoms with E-state index >= 15 is 0 Å². The van der Waals surface area contributed by atoms with E-state index in [9.17, 15) is 29.4 Å². The van der Waals surface area contributed by atoms with Crippen LogP contribution in [0.2, 0.25) is 0 Å². The topological polar surface area (TPSA) is 183 Å². The molecule has 2 rings (SSSR count). The van der Waals surface area contributed by atoms with E-state index in [2.05, 4.69) is 21.3 Å². The number of carbonyl (C=O) groups excluding carboxylic acids is 3. The van der Waals surface area contributed by atoms with Crippen molar-refractivity contribution >= 4 is 23.7 Å². The summed E-state index contributed by atoms with van der Waals surface area (Å²) in [6, 6.07) is 2.65. The minimum atomic E-state index is -1.23. The highest BCUT2D eigenvalue weighted by atomic mass is 16.4. The highest BCUT2D eigenvalue weighted by molar-refractivity contribution is 5.94. The predicted octanol–water partition coefficient (Wildman–Crippen LogP) is 0.401. The minimum absolute atomic E-state index is 0.00520. The molecule has 0 bridgehead atoms. The van der Waals surface area contributed by atoms with Crippen molar-refractivity contribution in [3.8, 4) is 5.75 Å². The third-order valence-electron chi connectivity index (χ3n) is 6.29. The Morgan fingerprint density at radius 1 is 1.00 bits per heavy atom. The van der Waals surface area contributed by atoms with Gasteiger partial charge in [0.2, 0.25) is 17.7 Å². The maximum Gasteiger partial charge on any atom is 0.326 e. The van der Waals surface area contributed by atoms with Gasteiger partial charge in [-0.25, -0.2) is 4.79 Å². The second-order valence-corrected chi connectivity index (χ2v) is 9.96. The van der Waals surface area contributed by atoms with Gasteiger partial charge in [-0.3, -0.25) is 14.4 Å². The summed E-state index contributed by atoms with van der Waals surface area (Å²) < 4.78 is 0. The van der Waals surface area contributed by atoms with E-state index in [-0.39, 0.29) is 36.5 Å². The lowest BCUT2D eigenvalue weighted by Crippen LogP contribution is -2.57. The summed E-state index contributed by atoms with van der Waals surface area (Å²) in [6.45, 7) is 5.04. The fraction of sp³-hybridized carbons (Fsp3) is 0.615. The number of hydrogen-bond acceptors (Lipinski definition) is 7. The number of hydrogen-bond donors (Lipinski definition) is 7. The summed E-state index contributed by atoms with van der Waals surface area (Å²) >= 11 is 0. The van der Waals surface area contributed by atoms with Crippen molar-refractivity contribution in [3.05, 3.63) is 29.8 Å². The molecule has 11 heteroatoms. The van der Waals surface area contributed by atoms with Gasteiger partial charge in [-0.15, -0.1) is 0 Å². The van der Waals surface area contributed by atoms with E-state index in [0.29, 0.717) is 37.8 Å². The number of rotatable bonds is 15. The zero-order chi connectivity index (χ0) is 27.4. The van der Waals surface area contributed by atoms with Crippen molar-refractivity contribution in [1.29, 1.82) is 0 Å². The van der Waals surface area contributed by atoms with Crippen LogP contribution in [-0.2, 0) is 25.6 Å². The van der Waals surface area contributed by atoms with Crippen LogP contribution in [0.15, 0.2) is 24.3 Å². The molecule has 0 unspecified atom stereocenters. The normalized spacial score (nSPS) is 17.6. The van der Waals surface area contributed by atoms with Crippen LogP contribution in [-0.4, -0.2) is 71.2 Å². The molecule has 1 aliphatic rings. The number of unbranched alkanes of at least 4 members (excludes halogenated alkanes) is 1. The molecule has 0 saturated carbocycles. The van der Waals surface area contributed by atoms with Gasteiger partial charge in [0, 0.05) is 6.42 Å². The van der Waals surface area contributed by atoms with Gasteiger partial charge in [0.25, 0.3) is 0 Å². The number of carbonyl (C=O) groups is 4. The molecule has 0 aliphatic carbocycles. The lowest BCUT2D eigenvalue weighted by Gasteiger charge is -2.26. The Kier molecular flexibility index (Phi) is 12.3. The van der Waals surface area contributed by atoms with Crippen LogP contribution in [0, 0.1) is 5.92 Å². The van der Waals surface area contributed by atoms with Crippen molar-refractivity contribution in [2.75, 3.05) is 13.1 Å². The van der Waals surface area contributed by atoms with Gasteiger partial charge >= 0.3 is 5.97 Å². The van der Waals surface area contributed by atoms with E-state index in [1.807, 2.05) is 13.8 Å². The second kappa shape index (κ2) is 15.2. The van der Waals surface area contributed by atoms with Gasteiger partial charge in [-0.2, -0.15) is 0 Å². The van der Waals surface area contributed by atoms with Crippen LogP contribution < -0.4 is 27.0 Å². The van der Waals surface area contributed by atoms with Gasteiger partial charge in [0.15, 0.2) is 0 Å². The van der Waals surface area contributed by atoms with Crippen molar-refractivity contribution in [2.24, 2.45) is 11.7 Å². The van der Waals surface area contributed by atoms with Crippen molar-refractivity contribution < 1.29 is 29.4 Å². The zero-order valence-electron chi connectivity index (χ0n) is 21.7. The minimum Gasteiger partial charge on any atom is -0.508 e. The van der Waals surface area contributed by atoms with Gasteiger partial charge in [0.05, 0.1) is 6.04 Å². The zero-order valence-corrected chi connectivity index (χ0v) is 21.7. The van der Waals surface area contributed by atoms with Gasteiger partial charge in [-0.05, 0) is 75.2 Å². The van der Waals surface area contributed by atoms with E-state index in [0.717, 1.165) is 13.0 Å². The Labute approximate surface area is 217 Å². The second-order valence-electron chi connectivity index (χ2n) is 9.96. The van der Waals surface area contributed by atoms with E-state index in [4.69, 9.17) is 5.73 Å². The Bertz CT molecular complexity index is 901. The molecule has 1 aromatic carbocycles. The van der Waals surface area contributed by atoms with Gasteiger partial charge < -0.3 is 37.2 Å². The molecule has 1 aromatic rings. The predicted molar refractivity (Wildman–Crippen MR) is 139 cm³/mol. The number of nitrogens with two attached hydrogens (primary N) is 1. The number of carboxylic acids is 1. The molecule has 0 spiro atoms. The molecule has 8 N–H and O–H groups in total. The van der Waals surface area contributed by atoms with Crippen LogP contribution in [0.4, 0.5) is 0 Å². The number of benzene rings is 1. The van der Waals surface area contributed by atoms with Gasteiger partial charge in [0.1, 0.15) is 23.9 Å². The fourth-order valence-electron chi connectivity index (χ4n) is 4.26. The van der Waals surface area contributed by atoms with Crippen molar-refractivity contribution in [1.82, 2.24) is 21.3 Å². The Morgan fingerprint density at radius 3 is 2.22 bits per heavy atom. The first-order valence-corrected chi connectivity index (χ1v) is 13.0. The highest BCUT2D eigenvalue weighted by Crippen LogP contribution is 2.13. The van der Waals surface area contributed by atoms with Crippen LogP contribution >= 0.6 is 0 Å². The van der Waals surface area contributed by atoms with Crippen molar-refractivity contribution in [3.63, 3.8) is 0 Å². The number of carboxylic acid groups (broad SMARTS) is 1. The fourth-order valence-corrected chi connectivity index (χ4v) is 4.26. The molecular weight excluding hydrogens is 478 g/mol. The molecule has 1 heterocycles. The number of nitrogens with one attached hydrogen (secondary N) is 4. The maximum absolute atomic E-state index is 13.2. The smallest absolute Gasteiger partial charge is 0.326 e. The Hall–Kier alpha value is -3.18. The average molecular weight is 520 g/mol. The molecule has 1 saturated heterocycles. The van der Waals surface area contributed by atoms with Gasteiger partial charge in [-0.1, -0.05) is 26.0 Å².